The number of rotatable bonds is 3. The number of amides is 1. The van der Waals surface area contributed by atoms with Crippen LogP contribution in [0.4, 0.5) is 4.39 Å². The highest BCUT2D eigenvalue weighted by molar-refractivity contribution is 9.10. The van der Waals surface area contributed by atoms with Crippen molar-refractivity contribution < 1.29 is 9.18 Å². The summed E-state index contributed by atoms with van der Waals surface area (Å²) in [4.78, 5) is 19.7. The van der Waals surface area contributed by atoms with Crippen molar-refractivity contribution in [3.05, 3.63) is 64.1 Å². The lowest BCUT2D eigenvalue weighted by Gasteiger charge is -2.04. The van der Waals surface area contributed by atoms with Crippen LogP contribution in [0.2, 0.25) is 0 Å². The normalized spacial score (nSPS) is 19.7. The van der Waals surface area contributed by atoms with E-state index in [0.717, 1.165) is 21.8 Å². The van der Waals surface area contributed by atoms with Crippen molar-refractivity contribution in [2.24, 2.45) is 0 Å². The maximum atomic E-state index is 13.0. The van der Waals surface area contributed by atoms with Gasteiger partial charge in [-0.1, -0.05) is 12.1 Å². The molecule has 23 heavy (non-hydrogen) atoms. The van der Waals surface area contributed by atoms with E-state index in [1.165, 1.54) is 12.1 Å². The van der Waals surface area contributed by atoms with Crippen molar-refractivity contribution in [1.82, 2.24) is 15.3 Å². The Balaban J connectivity index is 1.50. The first kappa shape index (κ1) is 14.4. The van der Waals surface area contributed by atoms with Crippen LogP contribution in [-0.2, 0) is 0 Å². The average molecular weight is 374 g/mol. The minimum Gasteiger partial charge on any atom is -0.349 e. The van der Waals surface area contributed by atoms with Gasteiger partial charge >= 0.3 is 0 Å². The maximum Gasteiger partial charge on any atom is 0.253 e. The summed E-state index contributed by atoms with van der Waals surface area (Å²) in [5, 5.41) is 3.82. The van der Waals surface area contributed by atoms with Crippen molar-refractivity contribution in [3.8, 4) is 0 Å². The molecule has 4 rings (SSSR count). The number of halogens is 2. The van der Waals surface area contributed by atoms with Crippen LogP contribution in [-0.4, -0.2) is 21.9 Å². The number of hydrogen-bond acceptors (Lipinski definition) is 2. The monoisotopic (exact) mass is 373 g/mol. The van der Waals surface area contributed by atoms with Gasteiger partial charge in [0.15, 0.2) is 0 Å². The number of fused-ring (bicyclic) bond motifs is 1. The van der Waals surface area contributed by atoms with Gasteiger partial charge in [-0.3, -0.25) is 4.79 Å². The fourth-order valence-electron chi connectivity index (χ4n) is 2.84. The maximum absolute atomic E-state index is 13.0. The van der Waals surface area contributed by atoms with Gasteiger partial charge in [0.2, 0.25) is 0 Å². The summed E-state index contributed by atoms with van der Waals surface area (Å²) in [6.07, 6.45) is 4.24. The molecule has 0 radical (unpaired) electrons. The first-order valence-corrected chi connectivity index (χ1v) is 8.10. The Kier molecular flexibility index (Phi) is 3.41. The van der Waals surface area contributed by atoms with Gasteiger partial charge in [-0.15, -0.1) is 0 Å². The molecule has 6 heteroatoms. The Hall–Kier alpha value is -2.21. The number of aromatic amines is 1. The molecule has 4 nitrogen and oxygen atoms in total. The van der Waals surface area contributed by atoms with E-state index in [0.29, 0.717) is 11.2 Å². The van der Waals surface area contributed by atoms with E-state index in [4.69, 9.17) is 0 Å². The number of carbonyl (C=O) groups is 1. The van der Waals surface area contributed by atoms with Crippen LogP contribution in [0.25, 0.3) is 11.0 Å². The predicted molar refractivity (Wildman–Crippen MR) is 88.8 cm³/mol. The Morgan fingerprint density at radius 2 is 2.13 bits per heavy atom. The fraction of sp³-hybridized carbons (Fsp3) is 0.176. The lowest BCUT2D eigenvalue weighted by Crippen LogP contribution is -2.26. The predicted octanol–water partition coefficient (Wildman–Crippen LogP) is 3.75. The minimum absolute atomic E-state index is 0.0954. The molecule has 0 bridgehead atoms. The summed E-state index contributed by atoms with van der Waals surface area (Å²) < 4.78 is 13.8. The average Bonchev–Trinajstić information content (AvgIpc) is 3.16. The minimum atomic E-state index is -0.244. The number of pyridine rings is 1. The van der Waals surface area contributed by atoms with Gasteiger partial charge in [0, 0.05) is 34.2 Å². The second-order valence-corrected chi connectivity index (χ2v) is 6.64. The molecule has 0 spiro atoms. The number of H-pyrrole nitrogens is 1. The summed E-state index contributed by atoms with van der Waals surface area (Å²) in [7, 11) is 0. The second-order valence-electron chi connectivity index (χ2n) is 5.73. The van der Waals surface area contributed by atoms with Gasteiger partial charge in [-0.2, -0.15) is 0 Å². The molecule has 0 saturated heterocycles. The largest absolute Gasteiger partial charge is 0.349 e. The summed E-state index contributed by atoms with van der Waals surface area (Å²) >= 11 is 3.37. The molecule has 1 aliphatic rings. The van der Waals surface area contributed by atoms with Crippen LogP contribution in [0.15, 0.2) is 47.2 Å². The van der Waals surface area contributed by atoms with E-state index in [9.17, 15) is 9.18 Å². The lowest BCUT2D eigenvalue weighted by molar-refractivity contribution is 0.0952. The van der Waals surface area contributed by atoms with E-state index in [1.807, 2.05) is 6.07 Å². The first-order valence-electron chi connectivity index (χ1n) is 7.31. The SMILES string of the molecule is O=C(N[C@@H]1C[C@H]1c1ccc(F)cc1)c1c[nH]c2ncc(Br)cc12. The van der Waals surface area contributed by atoms with Gasteiger partial charge in [-0.25, -0.2) is 9.37 Å². The van der Waals surface area contributed by atoms with E-state index in [-0.39, 0.29) is 23.7 Å². The Bertz CT molecular complexity index is 890. The highest BCUT2D eigenvalue weighted by Crippen LogP contribution is 2.41. The summed E-state index contributed by atoms with van der Waals surface area (Å²) in [5.74, 6) is -0.104. The molecule has 116 valence electrons. The number of nitrogens with one attached hydrogen (secondary N) is 2. The number of benzene rings is 1. The van der Waals surface area contributed by atoms with Gasteiger partial charge in [0.25, 0.3) is 5.91 Å². The molecule has 1 aromatic carbocycles. The zero-order valence-electron chi connectivity index (χ0n) is 12.0. The number of nitrogens with zero attached hydrogens (tertiary/aromatic N) is 1. The molecule has 2 N–H and O–H groups in total. The molecule has 2 aromatic heterocycles. The van der Waals surface area contributed by atoms with Crippen LogP contribution in [0.3, 0.4) is 0 Å². The number of hydrogen-bond donors (Lipinski definition) is 2. The molecule has 2 heterocycles. The van der Waals surface area contributed by atoms with Crippen molar-refractivity contribution in [2.75, 3.05) is 0 Å². The molecule has 1 saturated carbocycles. The third-order valence-electron chi connectivity index (χ3n) is 4.15. The zero-order valence-corrected chi connectivity index (χ0v) is 13.6. The van der Waals surface area contributed by atoms with Crippen LogP contribution in [0, 0.1) is 5.82 Å². The van der Waals surface area contributed by atoms with Crippen molar-refractivity contribution in [3.63, 3.8) is 0 Å². The summed E-state index contributed by atoms with van der Waals surface area (Å²) in [6.45, 7) is 0. The van der Waals surface area contributed by atoms with Crippen LogP contribution < -0.4 is 5.32 Å². The van der Waals surface area contributed by atoms with Crippen LogP contribution >= 0.6 is 15.9 Å². The van der Waals surface area contributed by atoms with E-state index < -0.39 is 0 Å². The van der Waals surface area contributed by atoms with Gasteiger partial charge in [0.05, 0.1) is 5.56 Å². The quantitative estimate of drug-likeness (QED) is 0.734. The van der Waals surface area contributed by atoms with E-state index >= 15 is 0 Å². The fourth-order valence-corrected chi connectivity index (χ4v) is 3.18. The van der Waals surface area contributed by atoms with Crippen LogP contribution in [0.1, 0.15) is 28.3 Å². The lowest BCUT2D eigenvalue weighted by atomic mass is 10.1. The van der Waals surface area contributed by atoms with Gasteiger partial charge in [-0.05, 0) is 46.1 Å². The zero-order chi connectivity index (χ0) is 16.0. The van der Waals surface area contributed by atoms with Crippen molar-refractivity contribution >= 4 is 32.9 Å². The first-order chi connectivity index (χ1) is 11.1. The van der Waals surface area contributed by atoms with Crippen LogP contribution in [0.5, 0.6) is 0 Å². The number of carbonyl (C=O) groups excluding carboxylic acids is 1. The third-order valence-corrected chi connectivity index (χ3v) is 4.58. The second kappa shape index (κ2) is 5.45. The molecule has 0 aliphatic heterocycles. The molecule has 2 atom stereocenters. The summed E-state index contributed by atoms with van der Waals surface area (Å²) in [6, 6.07) is 8.43. The summed E-state index contributed by atoms with van der Waals surface area (Å²) in [5.41, 5.74) is 2.32. The van der Waals surface area contributed by atoms with Gasteiger partial charge < -0.3 is 10.3 Å². The topological polar surface area (TPSA) is 57.8 Å². The highest BCUT2D eigenvalue weighted by atomic mass is 79.9. The molecular weight excluding hydrogens is 361 g/mol. The van der Waals surface area contributed by atoms with Crippen molar-refractivity contribution in [1.29, 1.82) is 0 Å². The van der Waals surface area contributed by atoms with Gasteiger partial charge in [0.1, 0.15) is 11.5 Å². The molecule has 3 aromatic rings. The Morgan fingerprint density at radius 3 is 2.91 bits per heavy atom. The standard InChI is InChI=1S/C17H13BrFN3O/c18-10-5-13-14(8-21-16(13)20-7-10)17(23)22-15-6-12(15)9-1-3-11(19)4-2-9/h1-5,7-8,12,15H,6H2,(H,20,21)(H,22,23)/t12-,15+/m0/s1. The highest BCUT2D eigenvalue weighted by Gasteiger charge is 2.39. The van der Waals surface area contributed by atoms with Crippen molar-refractivity contribution in [2.45, 2.75) is 18.4 Å². The molecule has 1 fully saturated rings. The molecule has 0 unspecified atom stereocenters. The molecule has 1 aliphatic carbocycles. The molecular formula is C17H13BrFN3O. The molecule has 1 amide bonds. The van der Waals surface area contributed by atoms with E-state index in [1.54, 1.807) is 24.5 Å². The third kappa shape index (κ3) is 2.74. The Morgan fingerprint density at radius 1 is 1.35 bits per heavy atom. The Labute approximate surface area is 140 Å². The smallest absolute Gasteiger partial charge is 0.253 e. The van der Waals surface area contributed by atoms with E-state index in [2.05, 4.69) is 31.2 Å². The number of aromatic nitrogens is 2.